The fourth-order valence-corrected chi connectivity index (χ4v) is 4.90. The molecule has 0 saturated heterocycles. The number of carbonyl (C=O) groups excluding carboxylic acids is 1. The first-order valence-electron chi connectivity index (χ1n) is 10.1. The molecule has 2 aromatic carbocycles. The zero-order valence-corrected chi connectivity index (χ0v) is 19.0. The van der Waals surface area contributed by atoms with Crippen molar-refractivity contribution in [2.45, 2.75) is 30.8 Å². The quantitative estimate of drug-likeness (QED) is 0.351. The van der Waals surface area contributed by atoms with Gasteiger partial charge in [-0.15, -0.1) is 11.3 Å². The van der Waals surface area contributed by atoms with E-state index >= 15 is 0 Å². The van der Waals surface area contributed by atoms with Gasteiger partial charge in [-0.3, -0.25) is 9.89 Å². The van der Waals surface area contributed by atoms with Gasteiger partial charge in [0.1, 0.15) is 6.33 Å². The Hall–Kier alpha value is -2.90. The number of aromatic amines is 1. The normalized spacial score (nSPS) is 10.9. The van der Waals surface area contributed by atoms with Crippen LogP contribution in [-0.4, -0.2) is 32.5 Å². The highest BCUT2D eigenvalue weighted by atomic mass is 32.2. The van der Waals surface area contributed by atoms with Gasteiger partial charge in [0.15, 0.2) is 5.16 Å². The third kappa shape index (κ3) is 6.06. The lowest BCUT2D eigenvalue weighted by Gasteiger charge is -2.22. The van der Waals surface area contributed by atoms with Crippen LogP contribution in [0.3, 0.4) is 0 Å². The number of thiophene rings is 1. The van der Waals surface area contributed by atoms with E-state index < -0.39 is 0 Å². The second-order valence-electron chi connectivity index (χ2n) is 7.25. The van der Waals surface area contributed by atoms with Crippen molar-refractivity contribution in [1.82, 2.24) is 20.1 Å². The monoisotopic (exact) mass is 448 g/mol. The highest BCUT2D eigenvalue weighted by Crippen LogP contribution is 2.21. The van der Waals surface area contributed by atoms with Gasteiger partial charge < -0.3 is 4.90 Å². The molecule has 7 heteroatoms. The standard InChI is InChI=1S/C24H24N4OS2/c1-18-7-12-22(31-18)15-28(14-13-19-5-3-2-4-6-19)23(29)21-10-8-20(9-11-21)16-30-24-25-17-26-27-24/h2-12,17H,13-16H2,1H3,(H,25,26,27). The topological polar surface area (TPSA) is 61.9 Å². The highest BCUT2D eigenvalue weighted by molar-refractivity contribution is 7.98. The van der Waals surface area contributed by atoms with Crippen molar-refractivity contribution < 1.29 is 4.79 Å². The largest absolute Gasteiger partial charge is 0.333 e. The zero-order chi connectivity index (χ0) is 21.5. The molecule has 4 rings (SSSR count). The Morgan fingerprint density at radius 3 is 2.52 bits per heavy atom. The van der Waals surface area contributed by atoms with E-state index in [1.165, 1.54) is 21.6 Å². The summed E-state index contributed by atoms with van der Waals surface area (Å²) in [5.41, 5.74) is 3.10. The Morgan fingerprint density at radius 1 is 1.03 bits per heavy atom. The minimum atomic E-state index is 0.0661. The Morgan fingerprint density at radius 2 is 1.84 bits per heavy atom. The van der Waals surface area contributed by atoms with E-state index in [-0.39, 0.29) is 5.91 Å². The van der Waals surface area contributed by atoms with Crippen LogP contribution >= 0.6 is 23.1 Å². The van der Waals surface area contributed by atoms with Gasteiger partial charge in [0, 0.05) is 27.6 Å². The number of benzene rings is 2. The van der Waals surface area contributed by atoms with Crippen LogP contribution < -0.4 is 0 Å². The molecule has 0 radical (unpaired) electrons. The molecule has 0 aliphatic heterocycles. The van der Waals surface area contributed by atoms with Crippen LogP contribution in [-0.2, 0) is 18.7 Å². The van der Waals surface area contributed by atoms with E-state index in [9.17, 15) is 4.79 Å². The van der Waals surface area contributed by atoms with Gasteiger partial charge >= 0.3 is 0 Å². The molecule has 1 N–H and O–H groups in total. The van der Waals surface area contributed by atoms with Crippen molar-refractivity contribution in [3.05, 3.63) is 99.5 Å². The molecule has 0 bridgehead atoms. The molecular formula is C24H24N4OS2. The average Bonchev–Trinajstić information content (AvgIpc) is 3.47. The number of amides is 1. The fraction of sp³-hybridized carbons (Fsp3) is 0.208. The molecule has 0 atom stereocenters. The first kappa shape index (κ1) is 21.3. The molecule has 0 aliphatic rings. The lowest BCUT2D eigenvalue weighted by atomic mass is 10.1. The van der Waals surface area contributed by atoms with E-state index in [1.807, 2.05) is 47.4 Å². The summed E-state index contributed by atoms with van der Waals surface area (Å²) in [6, 6.07) is 22.4. The molecule has 2 heterocycles. The van der Waals surface area contributed by atoms with Crippen molar-refractivity contribution in [1.29, 1.82) is 0 Å². The fourth-order valence-electron chi connectivity index (χ4n) is 3.26. The number of H-pyrrole nitrogens is 1. The van der Waals surface area contributed by atoms with Crippen molar-refractivity contribution in [3.8, 4) is 0 Å². The summed E-state index contributed by atoms with van der Waals surface area (Å²) < 4.78 is 0. The second-order valence-corrected chi connectivity index (χ2v) is 9.59. The molecule has 158 valence electrons. The number of nitrogens with one attached hydrogen (secondary N) is 1. The highest BCUT2D eigenvalue weighted by Gasteiger charge is 2.17. The molecule has 0 unspecified atom stereocenters. The van der Waals surface area contributed by atoms with Crippen LogP contribution in [0.1, 0.15) is 31.2 Å². The number of thioether (sulfide) groups is 1. The number of hydrogen-bond donors (Lipinski definition) is 1. The van der Waals surface area contributed by atoms with Crippen LogP contribution in [0.5, 0.6) is 0 Å². The summed E-state index contributed by atoms with van der Waals surface area (Å²) in [6.07, 6.45) is 2.34. The minimum absolute atomic E-state index is 0.0661. The summed E-state index contributed by atoms with van der Waals surface area (Å²) >= 11 is 3.33. The van der Waals surface area contributed by atoms with Crippen LogP contribution in [0.15, 0.2) is 78.2 Å². The lowest BCUT2D eigenvalue weighted by Crippen LogP contribution is -2.32. The number of nitrogens with zero attached hydrogens (tertiary/aromatic N) is 3. The zero-order valence-electron chi connectivity index (χ0n) is 17.3. The van der Waals surface area contributed by atoms with Gasteiger partial charge in [0.2, 0.25) is 0 Å². The van der Waals surface area contributed by atoms with E-state index in [1.54, 1.807) is 23.1 Å². The number of rotatable bonds is 9. The van der Waals surface area contributed by atoms with Crippen molar-refractivity contribution in [2.24, 2.45) is 0 Å². The van der Waals surface area contributed by atoms with Crippen LogP contribution in [0, 0.1) is 6.92 Å². The van der Waals surface area contributed by atoms with Gasteiger partial charge in [-0.1, -0.05) is 54.2 Å². The first-order chi connectivity index (χ1) is 15.2. The van der Waals surface area contributed by atoms with Gasteiger partial charge in [-0.05, 0) is 48.7 Å². The molecule has 1 amide bonds. The summed E-state index contributed by atoms with van der Waals surface area (Å²) in [5, 5.41) is 7.50. The Bertz CT molecular complexity index is 1090. The molecular weight excluding hydrogens is 424 g/mol. The summed E-state index contributed by atoms with van der Waals surface area (Å²) in [6.45, 7) is 3.41. The number of hydrogen-bond acceptors (Lipinski definition) is 5. The molecule has 0 spiro atoms. The van der Waals surface area contributed by atoms with Gasteiger partial charge in [0.25, 0.3) is 5.91 Å². The van der Waals surface area contributed by atoms with Crippen LogP contribution in [0.4, 0.5) is 0 Å². The lowest BCUT2D eigenvalue weighted by molar-refractivity contribution is 0.0746. The minimum Gasteiger partial charge on any atom is -0.333 e. The maximum atomic E-state index is 13.3. The summed E-state index contributed by atoms with van der Waals surface area (Å²) in [5.74, 6) is 0.840. The average molecular weight is 449 g/mol. The third-order valence-electron chi connectivity index (χ3n) is 4.91. The predicted octanol–water partition coefficient (Wildman–Crippen LogP) is 5.35. The Labute approximate surface area is 190 Å². The van der Waals surface area contributed by atoms with E-state index in [0.29, 0.717) is 13.1 Å². The summed E-state index contributed by atoms with van der Waals surface area (Å²) in [4.78, 5) is 21.9. The SMILES string of the molecule is Cc1ccc(CN(CCc2ccccc2)C(=O)c2ccc(CSc3ncn[nH]3)cc2)s1. The van der Waals surface area contributed by atoms with Gasteiger partial charge in [0.05, 0.1) is 6.54 Å². The van der Waals surface area contributed by atoms with E-state index in [0.717, 1.165) is 28.5 Å². The van der Waals surface area contributed by atoms with Crippen LogP contribution in [0.2, 0.25) is 0 Å². The van der Waals surface area contributed by atoms with Gasteiger partial charge in [-0.2, -0.15) is 5.10 Å². The van der Waals surface area contributed by atoms with Crippen LogP contribution in [0.25, 0.3) is 0 Å². The van der Waals surface area contributed by atoms with Gasteiger partial charge in [-0.25, -0.2) is 4.98 Å². The van der Waals surface area contributed by atoms with E-state index in [4.69, 9.17) is 0 Å². The summed E-state index contributed by atoms with van der Waals surface area (Å²) in [7, 11) is 0. The molecule has 0 aliphatic carbocycles. The molecule has 2 aromatic heterocycles. The molecule has 0 fully saturated rings. The van der Waals surface area contributed by atoms with Crippen molar-refractivity contribution in [3.63, 3.8) is 0 Å². The number of aryl methyl sites for hydroxylation is 1. The van der Waals surface area contributed by atoms with Crippen molar-refractivity contribution in [2.75, 3.05) is 6.54 Å². The maximum absolute atomic E-state index is 13.3. The molecule has 4 aromatic rings. The van der Waals surface area contributed by atoms with E-state index in [2.05, 4.69) is 46.4 Å². The predicted molar refractivity (Wildman–Crippen MR) is 126 cm³/mol. The van der Waals surface area contributed by atoms with Crippen molar-refractivity contribution >= 4 is 29.0 Å². The Kier molecular flexibility index (Phi) is 7.17. The molecule has 5 nitrogen and oxygen atoms in total. The molecule has 31 heavy (non-hydrogen) atoms. The molecule has 0 saturated carbocycles. The number of aromatic nitrogens is 3. The Balaban J connectivity index is 1.44. The first-order valence-corrected chi connectivity index (χ1v) is 11.9. The third-order valence-corrected chi connectivity index (χ3v) is 6.85. The maximum Gasteiger partial charge on any atom is 0.254 e. The number of carbonyl (C=O) groups is 1. The second kappa shape index (κ2) is 10.4. The smallest absolute Gasteiger partial charge is 0.254 e.